The molecule has 0 spiro atoms. The van der Waals surface area contributed by atoms with E-state index in [1.807, 2.05) is 0 Å². The van der Waals surface area contributed by atoms with Gasteiger partial charge < -0.3 is 20.3 Å². The van der Waals surface area contributed by atoms with E-state index in [0.29, 0.717) is 12.0 Å². The molecule has 0 aliphatic rings. The molecule has 0 atom stereocenters. The first-order valence-electron chi connectivity index (χ1n) is 9.73. The van der Waals surface area contributed by atoms with E-state index in [1.165, 1.54) is 18.3 Å². The van der Waals surface area contributed by atoms with Gasteiger partial charge in [0, 0.05) is 18.0 Å². The largest absolute Gasteiger partial charge is 0.504 e. The highest BCUT2D eigenvalue weighted by Crippen LogP contribution is 2.32. The van der Waals surface area contributed by atoms with Gasteiger partial charge in [-0.05, 0) is 42.7 Å². The van der Waals surface area contributed by atoms with E-state index in [1.54, 1.807) is 25.1 Å². The van der Waals surface area contributed by atoms with Crippen LogP contribution in [0.5, 0.6) is 5.75 Å². The first-order chi connectivity index (χ1) is 15.3. The van der Waals surface area contributed by atoms with Crippen molar-refractivity contribution >= 4 is 34.6 Å². The van der Waals surface area contributed by atoms with Crippen LogP contribution in [-0.4, -0.2) is 44.6 Å². The zero-order chi connectivity index (χ0) is 23.3. The highest BCUT2D eigenvalue weighted by molar-refractivity contribution is 6.05. The number of amides is 1. The van der Waals surface area contributed by atoms with Crippen molar-refractivity contribution in [3.63, 3.8) is 0 Å². The van der Waals surface area contributed by atoms with Gasteiger partial charge >= 0.3 is 11.9 Å². The summed E-state index contributed by atoms with van der Waals surface area (Å²) in [6.45, 7) is 1.84. The van der Waals surface area contributed by atoms with E-state index >= 15 is 0 Å². The average molecular weight is 441 g/mol. The number of aromatic hydroxyl groups is 1. The molecule has 0 aliphatic heterocycles. The molecule has 0 aliphatic carbocycles. The number of hydrogen-bond donors (Lipinski definition) is 3. The molecule has 3 aromatic rings. The number of aromatic carboxylic acids is 1. The van der Waals surface area contributed by atoms with Gasteiger partial charge in [0.15, 0.2) is 11.4 Å². The maximum Gasteiger partial charge on any atom is 0.358 e. The number of carbonyl (C=O) groups excluding carboxylic acids is 2. The van der Waals surface area contributed by atoms with E-state index < -0.39 is 29.3 Å². The van der Waals surface area contributed by atoms with Crippen LogP contribution in [0.1, 0.15) is 41.4 Å². The number of carboxylic acids is 1. The fourth-order valence-electron chi connectivity index (χ4n) is 3.04. The van der Waals surface area contributed by atoms with Crippen molar-refractivity contribution in [2.75, 3.05) is 11.9 Å². The minimum absolute atomic E-state index is 0.0547. The number of carbonyl (C=O) groups is 3. The van der Waals surface area contributed by atoms with E-state index in [4.69, 9.17) is 4.74 Å². The van der Waals surface area contributed by atoms with Crippen LogP contribution in [0.2, 0.25) is 0 Å². The zero-order valence-corrected chi connectivity index (χ0v) is 17.1. The van der Waals surface area contributed by atoms with E-state index in [0.717, 1.165) is 5.56 Å². The number of nitrogens with one attached hydrogen (secondary N) is 1. The van der Waals surface area contributed by atoms with Gasteiger partial charge in [-0.2, -0.15) is 0 Å². The maximum atomic E-state index is 13.1. The lowest BCUT2D eigenvalue weighted by Crippen LogP contribution is -2.17. The smallest absolute Gasteiger partial charge is 0.358 e. The topological polar surface area (TPSA) is 139 Å². The molecule has 10 heteroatoms. The number of pyridine rings is 2. The van der Waals surface area contributed by atoms with Crippen LogP contribution in [0.25, 0.3) is 10.9 Å². The summed E-state index contributed by atoms with van der Waals surface area (Å²) in [5.74, 6) is -3.74. The van der Waals surface area contributed by atoms with Gasteiger partial charge in [-0.15, -0.1) is 0 Å². The summed E-state index contributed by atoms with van der Waals surface area (Å²) in [6.07, 6.45) is 1.47. The summed E-state index contributed by atoms with van der Waals surface area (Å²) in [5.41, 5.74) is 0.736. The van der Waals surface area contributed by atoms with E-state index in [2.05, 4.69) is 15.3 Å². The Morgan fingerprint density at radius 2 is 1.84 bits per heavy atom. The van der Waals surface area contributed by atoms with Crippen LogP contribution in [0.4, 0.5) is 10.2 Å². The molecule has 0 fully saturated rings. The van der Waals surface area contributed by atoms with Crippen LogP contribution >= 0.6 is 0 Å². The number of ether oxygens (including phenoxy) is 1. The Labute approximate surface area is 181 Å². The van der Waals surface area contributed by atoms with Crippen molar-refractivity contribution in [1.29, 1.82) is 0 Å². The predicted octanol–water partition coefficient (Wildman–Crippen LogP) is 3.05. The van der Waals surface area contributed by atoms with Gasteiger partial charge in [0.1, 0.15) is 17.2 Å². The number of halogens is 1. The van der Waals surface area contributed by atoms with Crippen molar-refractivity contribution in [2.24, 2.45) is 0 Å². The Hall–Kier alpha value is -4.08. The second kappa shape index (κ2) is 9.82. The lowest BCUT2D eigenvalue weighted by Gasteiger charge is -2.12. The summed E-state index contributed by atoms with van der Waals surface area (Å²) in [7, 11) is 0. The van der Waals surface area contributed by atoms with Crippen LogP contribution < -0.4 is 5.32 Å². The number of rotatable bonds is 8. The lowest BCUT2D eigenvalue weighted by molar-refractivity contribution is -0.144. The molecule has 2 heterocycles. The van der Waals surface area contributed by atoms with Crippen molar-refractivity contribution in [3.05, 3.63) is 59.2 Å². The number of esters is 1. The number of anilines is 1. The SMILES string of the molecule is CCOC(=O)CCC(=O)Nc1nc(C(=O)O)c(O)c2ncc(Cc3ccc(F)cc3)cc12. The summed E-state index contributed by atoms with van der Waals surface area (Å²) < 4.78 is 17.9. The highest BCUT2D eigenvalue weighted by atomic mass is 19.1. The predicted molar refractivity (Wildman–Crippen MR) is 112 cm³/mol. The Kier molecular flexibility index (Phi) is 6.93. The van der Waals surface area contributed by atoms with Crippen LogP contribution in [-0.2, 0) is 20.7 Å². The third kappa shape index (κ3) is 5.34. The van der Waals surface area contributed by atoms with Gasteiger partial charge in [0.25, 0.3) is 0 Å². The van der Waals surface area contributed by atoms with Crippen LogP contribution in [0, 0.1) is 5.82 Å². The maximum absolute atomic E-state index is 13.1. The van der Waals surface area contributed by atoms with E-state index in [-0.39, 0.29) is 42.0 Å². The second-order valence-electron chi connectivity index (χ2n) is 6.86. The summed E-state index contributed by atoms with van der Waals surface area (Å²) in [5, 5.41) is 22.3. The molecule has 0 radical (unpaired) electrons. The first-order valence-corrected chi connectivity index (χ1v) is 9.73. The molecule has 3 rings (SSSR count). The normalized spacial score (nSPS) is 10.7. The van der Waals surface area contributed by atoms with E-state index in [9.17, 15) is 29.0 Å². The van der Waals surface area contributed by atoms with Gasteiger partial charge in [-0.1, -0.05) is 12.1 Å². The molecule has 2 aromatic heterocycles. The number of fused-ring (bicyclic) bond motifs is 1. The fourth-order valence-corrected chi connectivity index (χ4v) is 3.04. The molecule has 1 amide bonds. The average Bonchev–Trinajstić information content (AvgIpc) is 2.76. The summed E-state index contributed by atoms with van der Waals surface area (Å²) >= 11 is 0. The van der Waals surface area contributed by atoms with Crippen molar-refractivity contribution < 1.29 is 33.7 Å². The minimum Gasteiger partial charge on any atom is -0.504 e. The second-order valence-corrected chi connectivity index (χ2v) is 6.86. The van der Waals surface area contributed by atoms with Gasteiger partial charge in [-0.25, -0.2) is 14.2 Å². The van der Waals surface area contributed by atoms with Gasteiger partial charge in [0.05, 0.1) is 13.0 Å². The van der Waals surface area contributed by atoms with Gasteiger partial charge in [0.2, 0.25) is 5.91 Å². The van der Waals surface area contributed by atoms with Crippen LogP contribution in [0.3, 0.4) is 0 Å². The third-order valence-corrected chi connectivity index (χ3v) is 4.52. The molecule has 32 heavy (non-hydrogen) atoms. The fraction of sp³-hybridized carbons (Fsp3) is 0.227. The molecule has 0 saturated heterocycles. The number of hydrogen-bond acceptors (Lipinski definition) is 7. The quantitative estimate of drug-likeness (QED) is 0.454. The molecule has 0 unspecified atom stereocenters. The molecule has 166 valence electrons. The van der Waals surface area contributed by atoms with Gasteiger partial charge in [-0.3, -0.25) is 14.6 Å². The first kappa shape index (κ1) is 22.6. The standard InChI is InChI=1S/C22H20FN3O6/c1-2-32-17(28)8-7-16(27)25-21-15-10-13(9-12-3-5-14(23)6-4-12)11-24-18(15)20(29)19(26-21)22(30)31/h3-6,10-11,29H,2,7-9H2,1H3,(H,30,31)(H,25,26,27). The Morgan fingerprint density at radius 1 is 1.12 bits per heavy atom. The van der Waals surface area contributed by atoms with Crippen LogP contribution in [0.15, 0.2) is 36.5 Å². The molecule has 9 nitrogen and oxygen atoms in total. The minimum atomic E-state index is -1.50. The monoisotopic (exact) mass is 441 g/mol. The Bertz CT molecular complexity index is 1180. The Morgan fingerprint density at radius 3 is 2.50 bits per heavy atom. The Balaban J connectivity index is 1.95. The summed E-state index contributed by atoms with van der Waals surface area (Å²) in [4.78, 5) is 43.3. The number of aromatic nitrogens is 2. The summed E-state index contributed by atoms with van der Waals surface area (Å²) in [6, 6.07) is 7.48. The zero-order valence-electron chi connectivity index (χ0n) is 17.1. The van der Waals surface area contributed by atoms with Crippen molar-refractivity contribution in [3.8, 4) is 5.75 Å². The lowest BCUT2D eigenvalue weighted by atomic mass is 10.0. The molecular formula is C22H20FN3O6. The molecule has 0 saturated carbocycles. The third-order valence-electron chi connectivity index (χ3n) is 4.52. The molecule has 1 aromatic carbocycles. The molecule has 0 bridgehead atoms. The number of carboxylic acid groups (broad SMARTS) is 1. The number of nitrogens with zero attached hydrogens (tertiary/aromatic N) is 2. The van der Waals surface area contributed by atoms with Crippen molar-refractivity contribution in [1.82, 2.24) is 9.97 Å². The highest BCUT2D eigenvalue weighted by Gasteiger charge is 2.21. The molecule has 3 N–H and O–H groups in total. The van der Waals surface area contributed by atoms with Crippen molar-refractivity contribution in [2.45, 2.75) is 26.2 Å². The molecular weight excluding hydrogens is 421 g/mol. The number of benzene rings is 1.